The second-order valence-electron chi connectivity index (χ2n) is 9.28. The molecule has 0 spiro atoms. The van der Waals surface area contributed by atoms with Crippen LogP contribution in [0.15, 0.2) is 89.5 Å². The fourth-order valence-corrected chi connectivity index (χ4v) is 5.92. The standard InChI is InChI=1S/C31H20NO2/c1-17-27-19(12-11-18-7-3-4-8-20(18)27)15-25-28(17)30-29-22(13-14-32(30)2)31-23(16-26(29)33-25)21-9-5-6-10-24(21)34-31/h3-16H,1-2H3/q+1. The van der Waals surface area contributed by atoms with Gasteiger partial charge in [0.25, 0.3) is 0 Å². The Bertz CT molecular complexity index is 2010. The lowest BCUT2D eigenvalue weighted by Crippen LogP contribution is -2.31. The van der Waals surface area contributed by atoms with Gasteiger partial charge < -0.3 is 9.15 Å². The van der Waals surface area contributed by atoms with Crippen LogP contribution >= 0.6 is 0 Å². The minimum Gasteiger partial charge on any atom is -0.455 e. The third kappa shape index (κ3) is 2.14. The molecular weight excluding hydrogens is 418 g/mol. The van der Waals surface area contributed by atoms with Crippen molar-refractivity contribution in [2.75, 3.05) is 0 Å². The molecule has 8 rings (SSSR count). The van der Waals surface area contributed by atoms with Crippen molar-refractivity contribution in [3.05, 3.63) is 90.6 Å². The number of para-hydroxylation sites is 1. The van der Waals surface area contributed by atoms with Crippen molar-refractivity contribution < 1.29 is 13.7 Å². The molecule has 2 aromatic heterocycles. The van der Waals surface area contributed by atoms with Crippen molar-refractivity contribution in [3.8, 4) is 22.8 Å². The molecule has 3 heterocycles. The number of ether oxygens (including phenoxy) is 1. The molecule has 3 nitrogen and oxygen atoms in total. The van der Waals surface area contributed by atoms with E-state index >= 15 is 0 Å². The van der Waals surface area contributed by atoms with E-state index in [1.54, 1.807) is 0 Å². The highest BCUT2D eigenvalue weighted by Crippen LogP contribution is 2.51. The fourth-order valence-electron chi connectivity index (χ4n) is 5.92. The molecule has 1 aliphatic heterocycles. The molecule has 0 saturated carbocycles. The summed E-state index contributed by atoms with van der Waals surface area (Å²) >= 11 is 0. The highest BCUT2D eigenvalue weighted by Gasteiger charge is 2.32. The van der Waals surface area contributed by atoms with Gasteiger partial charge in [0, 0.05) is 22.2 Å². The maximum absolute atomic E-state index is 6.68. The highest BCUT2D eigenvalue weighted by atomic mass is 16.5. The molecule has 0 radical (unpaired) electrons. The zero-order valence-electron chi connectivity index (χ0n) is 18.8. The molecule has 0 N–H and O–H groups in total. The van der Waals surface area contributed by atoms with Crippen LogP contribution in [0.5, 0.6) is 11.5 Å². The minimum absolute atomic E-state index is 0.882. The van der Waals surface area contributed by atoms with Crippen LogP contribution in [0.25, 0.3) is 65.5 Å². The van der Waals surface area contributed by atoms with Gasteiger partial charge in [-0.2, -0.15) is 0 Å². The van der Waals surface area contributed by atoms with Crippen molar-refractivity contribution in [1.82, 2.24) is 0 Å². The Morgan fingerprint density at radius 3 is 2.38 bits per heavy atom. The maximum atomic E-state index is 6.68. The third-order valence-corrected chi connectivity index (χ3v) is 7.42. The van der Waals surface area contributed by atoms with E-state index < -0.39 is 0 Å². The van der Waals surface area contributed by atoms with E-state index in [0.717, 1.165) is 49.8 Å². The molecule has 0 bridgehead atoms. The largest absolute Gasteiger partial charge is 0.455 e. The van der Waals surface area contributed by atoms with E-state index in [1.807, 2.05) is 12.1 Å². The molecule has 0 unspecified atom stereocenters. The molecule has 5 aromatic carbocycles. The van der Waals surface area contributed by atoms with Gasteiger partial charge in [0.15, 0.2) is 6.20 Å². The van der Waals surface area contributed by atoms with Gasteiger partial charge in [0.05, 0.1) is 5.56 Å². The van der Waals surface area contributed by atoms with Crippen molar-refractivity contribution in [1.29, 1.82) is 0 Å². The van der Waals surface area contributed by atoms with E-state index in [0.29, 0.717) is 0 Å². The van der Waals surface area contributed by atoms with Crippen LogP contribution in [-0.2, 0) is 7.05 Å². The van der Waals surface area contributed by atoms with Crippen LogP contribution < -0.4 is 9.30 Å². The van der Waals surface area contributed by atoms with Gasteiger partial charge in [-0.05, 0) is 52.2 Å². The van der Waals surface area contributed by atoms with E-state index in [2.05, 4.69) is 91.5 Å². The number of furan rings is 1. The van der Waals surface area contributed by atoms with Gasteiger partial charge in [-0.3, -0.25) is 0 Å². The molecule has 1 aliphatic rings. The summed E-state index contributed by atoms with van der Waals surface area (Å²) in [4.78, 5) is 0. The zero-order chi connectivity index (χ0) is 22.6. The fraction of sp³-hybridized carbons (Fsp3) is 0.0645. The highest BCUT2D eigenvalue weighted by molar-refractivity contribution is 6.20. The predicted octanol–water partition coefficient (Wildman–Crippen LogP) is 7.95. The van der Waals surface area contributed by atoms with Crippen molar-refractivity contribution in [2.45, 2.75) is 6.92 Å². The molecule has 3 heteroatoms. The Morgan fingerprint density at radius 2 is 1.47 bits per heavy atom. The number of aryl methyl sites for hydroxylation is 2. The zero-order valence-corrected chi connectivity index (χ0v) is 18.8. The van der Waals surface area contributed by atoms with Crippen molar-refractivity contribution in [3.63, 3.8) is 0 Å². The molecule has 0 atom stereocenters. The summed E-state index contributed by atoms with van der Waals surface area (Å²) in [6.07, 6.45) is 2.13. The SMILES string of the molecule is Cc1c2c(cc3ccc4ccccc4c13)Oc1cc3c4ccccc4oc3c3cc[n+](C)c-2c13. The van der Waals surface area contributed by atoms with Crippen LogP contribution in [0, 0.1) is 6.92 Å². The number of rotatable bonds is 0. The quantitative estimate of drug-likeness (QED) is 0.177. The van der Waals surface area contributed by atoms with Gasteiger partial charge >= 0.3 is 0 Å². The Hall–Kier alpha value is -4.37. The molecule has 0 fully saturated rings. The Kier molecular flexibility index (Phi) is 3.27. The average Bonchev–Trinajstić information content (AvgIpc) is 3.23. The van der Waals surface area contributed by atoms with Gasteiger partial charge in [-0.15, -0.1) is 0 Å². The molecule has 0 saturated heterocycles. The summed E-state index contributed by atoms with van der Waals surface area (Å²) < 4.78 is 15.3. The summed E-state index contributed by atoms with van der Waals surface area (Å²) in [5.74, 6) is 1.79. The summed E-state index contributed by atoms with van der Waals surface area (Å²) in [5.41, 5.74) is 5.37. The monoisotopic (exact) mass is 438 g/mol. The van der Waals surface area contributed by atoms with Crippen LogP contribution in [0.4, 0.5) is 0 Å². The van der Waals surface area contributed by atoms with Gasteiger partial charge in [0.1, 0.15) is 35.1 Å². The Balaban J connectivity index is 1.57. The lowest BCUT2D eigenvalue weighted by Gasteiger charge is -2.22. The molecule has 0 aliphatic carbocycles. The number of fused-ring (bicyclic) bond motifs is 9. The normalized spacial score (nSPS) is 12.6. The van der Waals surface area contributed by atoms with Crippen molar-refractivity contribution >= 4 is 54.3 Å². The van der Waals surface area contributed by atoms with Gasteiger partial charge in [-0.25, -0.2) is 4.57 Å². The summed E-state index contributed by atoms with van der Waals surface area (Å²) in [6, 6.07) is 27.7. The summed E-state index contributed by atoms with van der Waals surface area (Å²) in [7, 11) is 2.11. The maximum Gasteiger partial charge on any atom is 0.228 e. The number of hydrogen-bond donors (Lipinski definition) is 0. The van der Waals surface area contributed by atoms with Crippen LogP contribution in [0.1, 0.15) is 5.56 Å². The van der Waals surface area contributed by atoms with Crippen LogP contribution in [0.2, 0.25) is 0 Å². The number of nitrogens with zero attached hydrogens (tertiary/aromatic N) is 1. The molecular formula is C31H20NO2+. The first-order chi connectivity index (χ1) is 16.7. The third-order valence-electron chi connectivity index (χ3n) is 7.42. The van der Waals surface area contributed by atoms with Crippen molar-refractivity contribution in [2.24, 2.45) is 7.05 Å². The predicted molar refractivity (Wildman–Crippen MR) is 138 cm³/mol. The lowest BCUT2D eigenvalue weighted by atomic mass is 9.89. The van der Waals surface area contributed by atoms with E-state index in [9.17, 15) is 0 Å². The molecule has 34 heavy (non-hydrogen) atoms. The summed E-state index contributed by atoms with van der Waals surface area (Å²) in [6.45, 7) is 2.22. The average molecular weight is 439 g/mol. The lowest BCUT2D eigenvalue weighted by molar-refractivity contribution is -0.659. The smallest absolute Gasteiger partial charge is 0.228 e. The topological polar surface area (TPSA) is 26.2 Å². The van der Waals surface area contributed by atoms with Gasteiger partial charge in [0.2, 0.25) is 5.69 Å². The number of hydrogen-bond acceptors (Lipinski definition) is 2. The summed E-state index contributed by atoms with van der Waals surface area (Å²) in [5, 5.41) is 9.39. The van der Waals surface area contributed by atoms with E-state index in [4.69, 9.17) is 9.15 Å². The number of aromatic nitrogens is 1. The Morgan fingerprint density at radius 1 is 0.676 bits per heavy atom. The Labute approximate surface area is 195 Å². The first-order valence-electron chi connectivity index (χ1n) is 11.6. The second kappa shape index (κ2) is 6.15. The minimum atomic E-state index is 0.882. The second-order valence-corrected chi connectivity index (χ2v) is 9.28. The van der Waals surface area contributed by atoms with Gasteiger partial charge in [-0.1, -0.05) is 54.6 Å². The van der Waals surface area contributed by atoms with Crippen LogP contribution in [-0.4, -0.2) is 0 Å². The van der Waals surface area contributed by atoms with Crippen LogP contribution in [0.3, 0.4) is 0 Å². The molecule has 0 amide bonds. The van der Waals surface area contributed by atoms with E-state index in [-0.39, 0.29) is 0 Å². The van der Waals surface area contributed by atoms with E-state index in [1.165, 1.54) is 32.8 Å². The number of pyridine rings is 1. The first-order valence-corrected chi connectivity index (χ1v) is 11.6. The molecule has 160 valence electrons. The molecule has 7 aromatic rings. The number of benzene rings is 5. The first kappa shape index (κ1) is 18.1.